The number of likely N-dealkylation sites (tertiary alicyclic amines) is 1. The van der Waals surface area contributed by atoms with Gasteiger partial charge < -0.3 is 4.90 Å². The minimum atomic E-state index is 0.0231. The van der Waals surface area contributed by atoms with E-state index in [1.807, 2.05) is 41.3 Å². The SMILES string of the molecule is C[C@@H]1C[C@@H](c2ccccc2)C(=O)N1Cc1ccccc1. The van der Waals surface area contributed by atoms with Gasteiger partial charge in [0.25, 0.3) is 0 Å². The molecule has 1 heterocycles. The summed E-state index contributed by atoms with van der Waals surface area (Å²) >= 11 is 0. The number of amides is 1. The van der Waals surface area contributed by atoms with Gasteiger partial charge in [-0.25, -0.2) is 0 Å². The van der Waals surface area contributed by atoms with Crippen molar-refractivity contribution in [1.29, 1.82) is 0 Å². The number of carbonyl (C=O) groups is 1. The van der Waals surface area contributed by atoms with Crippen molar-refractivity contribution in [2.24, 2.45) is 0 Å². The molecule has 2 aromatic carbocycles. The van der Waals surface area contributed by atoms with E-state index in [0.29, 0.717) is 12.6 Å². The molecule has 1 aliphatic rings. The van der Waals surface area contributed by atoms with Crippen LogP contribution in [0.4, 0.5) is 0 Å². The number of nitrogens with zero attached hydrogens (tertiary/aromatic N) is 1. The minimum absolute atomic E-state index is 0.0231. The third-order valence-corrected chi connectivity index (χ3v) is 4.09. The van der Waals surface area contributed by atoms with Gasteiger partial charge in [-0.1, -0.05) is 60.7 Å². The van der Waals surface area contributed by atoms with Crippen LogP contribution in [0.25, 0.3) is 0 Å². The van der Waals surface area contributed by atoms with Crippen molar-refractivity contribution in [2.45, 2.75) is 31.8 Å². The molecule has 2 heteroatoms. The lowest BCUT2D eigenvalue weighted by Crippen LogP contribution is -2.31. The molecule has 1 aliphatic heterocycles. The van der Waals surface area contributed by atoms with E-state index in [1.165, 1.54) is 5.56 Å². The van der Waals surface area contributed by atoms with Crippen LogP contribution in [0.2, 0.25) is 0 Å². The van der Waals surface area contributed by atoms with Gasteiger partial charge in [0.05, 0.1) is 5.92 Å². The molecule has 1 fully saturated rings. The van der Waals surface area contributed by atoms with Crippen molar-refractivity contribution in [3.63, 3.8) is 0 Å². The van der Waals surface area contributed by atoms with E-state index in [0.717, 1.165) is 12.0 Å². The molecule has 2 aromatic rings. The smallest absolute Gasteiger partial charge is 0.230 e. The lowest BCUT2D eigenvalue weighted by atomic mass is 9.96. The largest absolute Gasteiger partial charge is 0.335 e. The molecule has 0 unspecified atom stereocenters. The Kier molecular flexibility index (Phi) is 3.55. The maximum absolute atomic E-state index is 12.6. The topological polar surface area (TPSA) is 20.3 Å². The molecule has 2 nitrogen and oxygen atoms in total. The normalized spacial score (nSPS) is 22.2. The number of hydrogen-bond donors (Lipinski definition) is 0. The van der Waals surface area contributed by atoms with E-state index in [-0.39, 0.29) is 11.8 Å². The van der Waals surface area contributed by atoms with Crippen LogP contribution in [0.3, 0.4) is 0 Å². The summed E-state index contributed by atoms with van der Waals surface area (Å²) in [5.74, 6) is 0.280. The predicted molar refractivity (Wildman–Crippen MR) is 80.3 cm³/mol. The van der Waals surface area contributed by atoms with Gasteiger partial charge in [0.15, 0.2) is 0 Å². The van der Waals surface area contributed by atoms with Crippen LogP contribution < -0.4 is 0 Å². The molecule has 1 amide bonds. The average Bonchev–Trinajstić information content (AvgIpc) is 2.77. The first-order valence-corrected chi connectivity index (χ1v) is 7.15. The van der Waals surface area contributed by atoms with Crippen molar-refractivity contribution in [3.8, 4) is 0 Å². The highest BCUT2D eigenvalue weighted by Gasteiger charge is 2.37. The standard InChI is InChI=1S/C18H19NO/c1-14-12-17(16-10-6-3-7-11-16)18(20)19(14)13-15-8-4-2-5-9-15/h2-11,14,17H,12-13H2,1H3/t14-,17+/m1/s1. The van der Waals surface area contributed by atoms with Crippen LogP contribution in [0.1, 0.15) is 30.4 Å². The Morgan fingerprint density at radius 2 is 1.60 bits per heavy atom. The van der Waals surface area contributed by atoms with Crippen molar-refractivity contribution in [2.75, 3.05) is 0 Å². The molecule has 0 aromatic heterocycles. The van der Waals surface area contributed by atoms with Gasteiger partial charge in [0.2, 0.25) is 5.91 Å². The molecular formula is C18H19NO. The monoisotopic (exact) mass is 265 g/mol. The number of hydrogen-bond acceptors (Lipinski definition) is 1. The first-order chi connectivity index (χ1) is 9.75. The number of carbonyl (C=O) groups excluding carboxylic acids is 1. The van der Waals surface area contributed by atoms with Crippen molar-refractivity contribution >= 4 is 5.91 Å². The Morgan fingerprint density at radius 1 is 1.00 bits per heavy atom. The molecule has 0 N–H and O–H groups in total. The third-order valence-electron chi connectivity index (χ3n) is 4.09. The molecular weight excluding hydrogens is 246 g/mol. The molecule has 0 aliphatic carbocycles. The highest BCUT2D eigenvalue weighted by atomic mass is 16.2. The highest BCUT2D eigenvalue weighted by molar-refractivity contribution is 5.86. The molecule has 20 heavy (non-hydrogen) atoms. The summed E-state index contributed by atoms with van der Waals surface area (Å²) in [6.45, 7) is 2.86. The van der Waals surface area contributed by atoms with Crippen LogP contribution in [0, 0.1) is 0 Å². The van der Waals surface area contributed by atoms with Crippen LogP contribution in [0.5, 0.6) is 0 Å². The maximum Gasteiger partial charge on any atom is 0.230 e. The van der Waals surface area contributed by atoms with Crippen LogP contribution >= 0.6 is 0 Å². The van der Waals surface area contributed by atoms with E-state index in [9.17, 15) is 4.79 Å². The second-order valence-electron chi connectivity index (χ2n) is 5.50. The number of benzene rings is 2. The summed E-state index contributed by atoms with van der Waals surface area (Å²) < 4.78 is 0. The Hall–Kier alpha value is -2.09. The Bertz CT molecular complexity index is 579. The van der Waals surface area contributed by atoms with Gasteiger partial charge in [-0.15, -0.1) is 0 Å². The molecule has 0 saturated carbocycles. The first kappa shape index (κ1) is 12.9. The summed E-state index contributed by atoms with van der Waals surface area (Å²) in [5, 5.41) is 0. The van der Waals surface area contributed by atoms with Crippen molar-refractivity contribution in [3.05, 3.63) is 71.8 Å². The minimum Gasteiger partial charge on any atom is -0.335 e. The van der Waals surface area contributed by atoms with Gasteiger partial charge in [0.1, 0.15) is 0 Å². The van der Waals surface area contributed by atoms with E-state index in [4.69, 9.17) is 0 Å². The van der Waals surface area contributed by atoms with E-state index in [1.54, 1.807) is 0 Å². The molecule has 2 atom stereocenters. The fourth-order valence-corrected chi connectivity index (χ4v) is 2.96. The zero-order valence-corrected chi connectivity index (χ0v) is 11.7. The van der Waals surface area contributed by atoms with Crippen LogP contribution in [0.15, 0.2) is 60.7 Å². The van der Waals surface area contributed by atoms with Crippen molar-refractivity contribution < 1.29 is 4.79 Å². The predicted octanol–water partition coefficient (Wildman–Crippen LogP) is 3.59. The van der Waals surface area contributed by atoms with Crippen molar-refractivity contribution in [1.82, 2.24) is 4.90 Å². The molecule has 0 radical (unpaired) electrons. The van der Waals surface area contributed by atoms with E-state index < -0.39 is 0 Å². The van der Waals surface area contributed by atoms with E-state index in [2.05, 4.69) is 31.2 Å². The van der Waals surface area contributed by atoms with Gasteiger partial charge in [-0.2, -0.15) is 0 Å². The lowest BCUT2D eigenvalue weighted by Gasteiger charge is -2.21. The Balaban J connectivity index is 1.79. The summed E-state index contributed by atoms with van der Waals surface area (Å²) in [4.78, 5) is 14.7. The summed E-state index contributed by atoms with van der Waals surface area (Å²) in [7, 11) is 0. The Labute approximate surface area is 120 Å². The molecule has 3 rings (SSSR count). The summed E-state index contributed by atoms with van der Waals surface area (Å²) in [6.07, 6.45) is 0.912. The second-order valence-corrected chi connectivity index (χ2v) is 5.50. The van der Waals surface area contributed by atoms with Gasteiger partial charge in [0, 0.05) is 12.6 Å². The molecule has 1 saturated heterocycles. The zero-order valence-electron chi connectivity index (χ0n) is 11.7. The molecule has 0 spiro atoms. The van der Waals surface area contributed by atoms with E-state index >= 15 is 0 Å². The lowest BCUT2D eigenvalue weighted by molar-refractivity contribution is -0.130. The quantitative estimate of drug-likeness (QED) is 0.830. The number of rotatable bonds is 3. The van der Waals surface area contributed by atoms with Gasteiger partial charge in [-0.05, 0) is 24.5 Å². The second kappa shape index (κ2) is 5.49. The van der Waals surface area contributed by atoms with Gasteiger partial charge in [-0.3, -0.25) is 4.79 Å². The molecule has 0 bridgehead atoms. The fourth-order valence-electron chi connectivity index (χ4n) is 2.96. The summed E-state index contributed by atoms with van der Waals surface area (Å²) in [6, 6.07) is 20.6. The van der Waals surface area contributed by atoms with Crippen LogP contribution in [-0.4, -0.2) is 16.8 Å². The molecule has 102 valence electrons. The zero-order chi connectivity index (χ0) is 13.9. The van der Waals surface area contributed by atoms with Crippen LogP contribution in [-0.2, 0) is 11.3 Å². The maximum atomic E-state index is 12.6. The highest BCUT2D eigenvalue weighted by Crippen LogP contribution is 2.33. The average molecular weight is 265 g/mol. The van der Waals surface area contributed by atoms with Gasteiger partial charge >= 0.3 is 0 Å². The first-order valence-electron chi connectivity index (χ1n) is 7.15. The summed E-state index contributed by atoms with van der Waals surface area (Å²) in [5.41, 5.74) is 2.33. The third kappa shape index (κ3) is 2.46. The fraction of sp³-hybridized carbons (Fsp3) is 0.278. The Morgan fingerprint density at radius 3 is 2.25 bits per heavy atom.